The third-order valence-corrected chi connectivity index (χ3v) is 8.06. The molecule has 0 aliphatic heterocycles. The van der Waals surface area contributed by atoms with E-state index < -0.39 is 21.4 Å². The minimum atomic E-state index is -3.40. The second kappa shape index (κ2) is 8.10. The number of fused-ring (bicyclic) bond motifs is 3. The van der Waals surface area contributed by atoms with Gasteiger partial charge in [0.2, 0.25) is 10.0 Å². The van der Waals surface area contributed by atoms with Gasteiger partial charge in [-0.1, -0.05) is 49.4 Å². The number of Topliss-reactive ketones (excluding diaryl/α,β-unsaturated/α-hetero) is 1. The summed E-state index contributed by atoms with van der Waals surface area (Å²) in [6, 6.07) is 19.6. The Kier molecular flexibility index (Phi) is 5.33. The summed E-state index contributed by atoms with van der Waals surface area (Å²) < 4.78 is 26.0. The van der Waals surface area contributed by atoms with Gasteiger partial charge in [-0.05, 0) is 42.9 Å². The lowest BCUT2D eigenvalue weighted by molar-refractivity contribution is -0.131. The summed E-state index contributed by atoms with van der Waals surface area (Å²) in [7, 11) is -3.40. The summed E-state index contributed by atoms with van der Waals surface area (Å²) in [4.78, 5) is 13.0. The molecule has 0 saturated heterocycles. The Morgan fingerprint density at radius 3 is 2.65 bits per heavy atom. The molecule has 2 aliphatic carbocycles. The largest absolute Gasteiger partial charge is 0.298 e. The van der Waals surface area contributed by atoms with E-state index in [1.54, 1.807) is 12.1 Å². The number of carbonyl (C=O) groups excluding carboxylic acids is 1. The number of carbonyl (C=O) groups is 1. The molecule has 0 radical (unpaired) electrons. The Hall–Kier alpha value is -3.44. The van der Waals surface area contributed by atoms with Gasteiger partial charge in [-0.25, -0.2) is 8.42 Å². The molecule has 0 spiro atoms. The number of H-pyrrole nitrogens is 1. The number of hydrogen-bond acceptors (Lipinski definition) is 5. The molecule has 34 heavy (non-hydrogen) atoms. The standard InChI is InChI=1S/C26H26N4O3S/c1-16-22-12-11-21-23(17-7-6-10-20(13-17)30-34(2,32)33)28-29-25(21)26(22,14-18(15-27)24(16)31)19-8-4-3-5-9-19/h3-10,13,16,18,22,30H,11-12,14H2,1-2H3,(H,28,29)/t16-,18?,22-,26+/m0/s1. The predicted molar refractivity (Wildman–Crippen MR) is 129 cm³/mol. The van der Waals surface area contributed by atoms with Crippen LogP contribution >= 0.6 is 0 Å². The summed E-state index contributed by atoms with van der Waals surface area (Å²) >= 11 is 0. The van der Waals surface area contributed by atoms with Gasteiger partial charge >= 0.3 is 0 Å². The minimum absolute atomic E-state index is 0.0258. The Labute approximate surface area is 199 Å². The molecule has 0 bridgehead atoms. The van der Waals surface area contributed by atoms with Gasteiger partial charge in [0.05, 0.1) is 23.7 Å². The lowest BCUT2D eigenvalue weighted by Crippen LogP contribution is -2.52. The van der Waals surface area contributed by atoms with E-state index in [0.717, 1.165) is 47.2 Å². The Morgan fingerprint density at radius 1 is 1.18 bits per heavy atom. The number of nitrogens with one attached hydrogen (secondary N) is 2. The van der Waals surface area contributed by atoms with Crippen molar-refractivity contribution in [3.8, 4) is 17.3 Å². The number of sulfonamides is 1. The molecule has 2 aromatic carbocycles. The van der Waals surface area contributed by atoms with Crippen molar-refractivity contribution in [2.24, 2.45) is 17.8 Å². The number of nitrogens with zero attached hydrogens (tertiary/aromatic N) is 2. The summed E-state index contributed by atoms with van der Waals surface area (Å²) in [6.07, 6.45) is 3.09. The molecule has 1 heterocycles. The number of nitriles is 1. The van der Waals surface area contributed by atoms with Crippen molar-refractivity contribution >= 4 is 21.5 Å². The first-order valence-electron chi connectivity index (χ1n) is 11.4. The van der Waals surface area contributed by atoms with Gasteiger partial charge in [0.15, 0.2) is 5.78 Å². The van der Waals surface area contributed by atoms with Crippen molar-refractivity contribution in [3.63, 3.8) is 0 Å². The second-order valence-corrected chi connectivity index (χ2v) is 11.2. The smallest absolute Gasteiger partial charge is 0.229 e. The average molecular weight is 475 g/mol. The van der Waals surface area contributed by atoms with Crippen LogP contribution in [0.3, 0.4) is 0 Å². The van der Waals surface area contributed by atoms with Gasteiger partial charge in [0.25, 0.3) is 0 Å². The van der Waals surface area contributed by atoms with Crippen LogP contribution in [0.4, 0.5) is 5.69 Å². The fourth-order valence-electron chi connectivity index (χ4n) is 6.07. The van der Waals surface area contributed by atoms with Crippen LogP contribution in [-0.2, 0) is 26.7 Å². The van der Waals surface area contributed by atoms with Crippen molar-refractivity contribution in [2.75, 3.05) is 11.0 Å². The van der Waals surface area contributed by atoms with Crippen LogP contribution in [0, 0.1) is 29.1 Å². The van der Waals surface area contributed by atoms with Crippen LogP contribution in [0.1, 0.15) is 36.6 Å². The highest BCUT2D eigenvalue weighted by Gasteiger charge is 2.56. The van der Waals surface area contributed by atoms with E-state index in [1.807, 2.05) is 37.3 Å². The number of aromatic nitrogens is 2. The third kappa shape index (κ3) is 3.51. The number of hydrogen-bond donors (Lipinski definition) is 2. The molecule has 1 unspecified atom stereocenters. The van der Waals surface area contributed by atoms with E-state index in [1.165, 1.54) is 0 Å². The van der Waals surface area contributed by atoms with Crippen LogP contribution in [0.5, 0.6) is 0 Å². The molecule has 1 aromatic heterocycles. The molecule has 5 rings (SSSR count). The predicted octanol–water partition coefficient (Wildman–Crippen LogP) is 4.05. The number of benzene rings is 2. The van der Waals surface area contributed by atoms with Crippen molar-refractivity contribution in [1.82, 2.24) is 10.2 Å². The van der Waals surface area contributed by atoms with Gasteiger partial charge in [-0.2, -0.15) is 10.4 Å². The van der Waals surface area contributed by atoms with Crippen LogP contribution in [0.25, 0.3) is 11.3 Å². The summed E-state index contributed by atoms with van der Waals surface area (Å²) in [5.41, 5.74) is 4.66. The van der Waals surface area contributed by atoms with E-state index in [-0.39, 0.29) is 17.6 Å². The van der Waals surface area contributed by atoms with Crippen molar-refractivity contribution in [1.29, 1.82) is 5.26 Å². The Balaban J connectivity index is 1.68. The van der Waals surface area contributed by atoms with Crippen LogP contribution in [0.15, 0.2) is 54.6 Å². The molecule has 2 N–H and O–H groups in total. The first kappa shape index (κ1) is 22.4. The van der Waals surface area contributed by atoms with Gasteiger partial charge in [-0.3, -0.25) is 14.6 Å². The van der Waals surface area contributed by atoms with Gasteiger partial charge < -0.3 is 0 Å². The molecule has 8 heteroatoms. The normalized spacial score (nSPS) is 26.3. The van der Waals surface area contributed by atoms with Crippen molar-refractivity contribution < 1.29 is 13.2 Å². The lowest BCUT2D eigenvalue weighted by atomic mass is 9.51. The minimum Gasteiger partial charge on any atom is -0.298 e. The summed E-state index contributed by atoms with van der Waals surface area (Å²) in [6.45, 7) is 1.95. The molecule has 1 saturated carbocycles. The molecule has 0 amide bonds. The molecule has 2 aliphatic rings. The maximum Gasteiger partial charge on any atom is 0.229 e. The first-order valence-corrected chi connectivity index (χ1v) is 13.3. The second-order valence-electron chi connectivity index (χ2n) is 9.44. The third-order valence-electron chi connectivity index (χ3n) is 7.45. The van der Waals surface area contributed by atoms with E-state index in [0.29, 0.717) is 12.1 Å². The van der Waals surface area contributed by atoms with E-state index in [4.69, 9.17) is 5.10 Å². The van der Waals surface area contributed by atoms with Crippen LogP contribution in [0.2, 0.25) is 0 Å². The maximum absolute atomic E-state index is 13.0. The van der Waals surface area contributed by atoms with Crippen molar-refractivity contribution in [3.05, 3.63) is 71.4 Å². The van der Waals surface area contributed by atoms with E-state index in [2.05, 4.69) is 28.0 Å². The Morgan fingerprint density at radius 2 is 1.94 bits per heavy atom. The van der Waals surface area contributed by atoms with Crippen LogP contribution < -0.4 is 4.72 Å². The zero-order chi connectivity index (χ0) is 24.1. The molecular formula is C26H26N4O3S. The molecule has 1 fully saturated rings. The van der Waals surface area contributed by atoms with Gasteiger partial charge in [0, 0.05) is 28.1 Å². The monoisotopic (exact) mass is 474 g/mol. The van der Waals surface area contributed by atoms with Gasteiger partial charge in [-0.15, -0.1) is 0 Å². The van der Waals surface area contributed by atoms with Gasteiger partial charge in [0.1, 0.15) is 5.92 Å². The fourth-order valence-corrected chi connectivity index (χ4v) is 6.62. The molecule has 7 nitrogen and oxygen atoms in total. The molecule has 4 atom stereocenters. The topological polar surface area (TPSA) is 116 Å². The zero-order valence-corrected chi connectivity index (χ0v) is 19.9. The quantitative estimate of drug-likeness (QED) is 0.592. The average Bonchev–Trinajstić information content (AvgIpc) is 3.26. The highest BCUT2D eigenvalue weighted by molar-refractivity contribution is 7.92. The number of anilines is 1. The molecular weight excluding hydrogens is 448 g/mol. The summed E-state index contributed by atoms with van der Waals surface area (Å²) in [5, 5.41) is 17.9. The first-order chi connectivity index (χ1) is 16.2. The molecule has 3 aromatic rings. The maximum atomic E-state index is 13.0. The van der Waals surface area contributed by atoms with E-state index >= 15 is 0 Å². The number of ketones is 1. The lowest BCUT2D eigenvalue weighted by Gasteiger charge is -2.50. The number of aromatic amines is 1. The van der Waals surface area contributed by atoms with Crippen molar-refractivity contribution in [2.45, 2.75) is 31.6 Å². The van der Waals surface area contributed by atoms with E-state index in [9.17, 15) is 18.5 Å². The zero-order valence-electron chi connectivity index (χ0n) is 19.1. The van der Waals surface area contributed by atoms with Crippen LogP contribution in [-0.4, -0.2) is 30.7 Å². The Bertz CT molecular complexity index is 1410. The highest BCUT2D eigenvalue weighted by Crippen LogP contribution is 2.56. The molecule has 174 valence electrons. The highest BCUT2D eigenvalue weighted by atomic mass is 32.2. The fraction of sp³-hybridized carbons (Fsp3) is 0.346. The number of rotatable bonds is 4. The SMILES string of the molecule is C[C@@H]1C(=O)C(C#N)C[C@]2(c3ccccc3)c3n[nH]c(-c4cccc(NS(C)(=O)=O)c4)c3CC[C@@H]12. The summed E-state index contributed by atoms with van der Waals surface area (Å²) in [5.74, 6) is -0.847.